The van der Waals surface area contributed by atoms with Crippen LogP contribution in [0.2, 0.25) is 10.0 Å². The Morgan fingerprint density at radius 3 is 2.52 bits per heavy atom. The second kappa shape index (κ2) is 7.17. The van der Waals surface area contributed by atoms with Crippen LogP contribution >= 0.6 is 23.2 Å². The number of hydrogen-bond donors (Lipinski definition) is 1. The van der Waals surface area contributed by atoms with Crippen LogP contribution in [0.4, 0.5) is 0 Å². The largest absolute Gasteiger partial charge is 0.455 e. The van der Waals surface area contributed by atoms with E-state index in [0.717, 1.165) is 24.0 Å². The number of rotatable bonds is 5. The number of hydrogen-bond acceptors (Lipinski definition) is 2. The summed E-state index contributed by atoms with van der Waals surface area (Å²) in [6.07, 6.45) is 1.75. The molecule has 2 N–H and O–H groups in total. The zero-order chi connectivity index (χ0) is 15.4. The van der Waals surface area contributed by atoms with E-state index in [1.165, 1.54) is 0 Å². The molecule has 4 heteroatoms. The van der Waals surface area contributed by atoms with Crippen LogP contribution < -0.4 is 10.5 Å². The average molecular weight is 324 g/mol. The molecule has 1 atom stereocenters. The van der Waals surface area contributed by atoms with E-state index < -0.39 is 0 Å². The Labute approximate surface area is 135 Å². The molecule has 21 heavy (non-hydrogen) atoms. The molecule has 2 nitrogen and oxygen atoms in total. The van der Waals surface area contributed by atoms with Gasteiger partial charge in [-0.3, -0.25) is 0 Å². The standard InChI is InChI=1S/C17H19Cl2NO/c1-3-14(20)8-12-5-7-16(15(19)9-12)21-17-10-13(18)6-4-11(17)2/h4-7,9-10,14H,3,8,20H2,1-2H3. The summed E-state index contributed by atoms with van der Waals surface area (Å²) in [7, 11) is 0. The van der Waals surface area contributed by atoms with Crippen molar-refractivity contribution in [3.05, 3.63) is 57.6 Å². The minimum atomic E-state index is 0.156. The summed E-state index contributed by atoms with van der Waals surface area (Å²) in [4.78, 5) is 0. The first-order valence-corrected chi connectivity index (χ1v) is 7.73. The SMILES string of the molecule is CCC(N)Cc1ccc(Oc2cc(Cl)ccc2C)c(Cl)c1. The molecule has 0 saturated heterocycles. The number of benzene rings is 2. The Bertz CT molecular complexity index is 628. The zero-order valence-electron chi connectivity index (χ0n) is 12.2. The fraction of sp³-hybridized carbons (Fsp3) is 0.294. The molecule has 0 fully saturated rings. The first-order chi connectivity index (χ1) is 9.99. The van der Waals surface area contributed by atoms with Gasteiger partial charge in [-0.1, -0.05) is 42.3 Å². The van der Waals surface area contributed by atoms with Crippen LogP contribution in [0.5, 0.6) is 11.5 Å². The maximum absolute atomic E-state index is 6.30. The smallest absolute Gasteiger partial charge is 0.146 e. The van der Waals surface area contributed by atoms with Crippen molar-refractivity contribution in [3.8, 4) is 11.5 Å². The highest BCUT2D eigenvalue weighted by Crippen LogP contribution is 2.33. The molecule has 2 aromatic rings. The molecule has 0 saturated carbocycles. The summed E-state index contributed by atoms with van der Waals surface area (Å²) in [5.74, 6) is 1.33. The summed E-state index contributed by atoms with van der Waals surface area (Å²) in [5, 5.41) is 1.22. The summed E-state index contributed by atoms with van der Waals surface area (Å²) < 4.78 is 5.86. The Balaban J connectivity index is 2.19. The topological polar surface area (TPSA) is 35.2 Å². The van der Waals surface area contributed by atoms with Crippen LogP contribution in [0.25, 0.3) is 0 Å². The van der Waals surface area contributed by atoms with E-state index in [2.05, 4.69) is 6.92 Å². The van der Waals surface area contributed by atoms with E-state index in [1.54, 1.807) is 6.07 Å². The number of nitrogens with two attached hydrogens (primary N) is 1. The van der Waals surface area contributed by atoms with Crippen molar-refractivity contribution in [2.45, 2.75) is 32.7 Å². The van der Waals surface area contributed by atoms with Crippen LogP contribution in [0.15, 0.2) is 36.4 Å². The van der Waals surface area contributed by atoms with Gasteiger partial charge in [0.15, 0.2) is 0 Å². The summed E-state index contributed by atoms with van der Waals surface area (Å²) in [6.45, 7) is 4.04. The summed E-state index contributed by atoms with van der Waals surface area (Å²) in [5.41, 5.74) is 8.09. The van der Waals surface area contributed by atoms with Gasteiger partial charge in [0.25, 0.3) is 0 Å². The lowest BCUT2D eigenvalue weighted by molar-refractivity contribution is 0.479. The molecule has 1 unspecified atom stereocenters. The first kappa shape index (κ1) is 16.2. The van der Waals surface area contributed by atoms with Crippen LogP contribution in [0.1, 0.15) is 24.5 Å². The lowest BCUT2D eigenvalue weighted by Crippen LogP contribution is -2.21. The van der Waals surface area contributed by atoms with E-state index in [4.69, 9.17) is 33.7 Å². The minimum absolute atomic E-state index is 0.156. The van der Waals surface area contributed by atoms with E-state index in [-0.39, 0.29) is 6.04 Å². The van der Waals surface area contributed by atoms with Crippen molar-refractivity contribution >= 4 is 23.2 Å². The molecule has 0 aliphatic rings. The molecule has 112 valence electrons. The third-order valence-corrected chi connectivity index (χ3v) is 3.92. The summed E-state index contributed by atoms with van der Waals surface area (Å²) >= 11 is 12.3. The maximum atomic E-state index is 6.30. The van der Waals surface area contributed by atoms with E-state index >= 15 is 0 Å². The fourth-order valence-corrected chi connectivity index (χ4v) is 2.41. The quantitative estimate of drug-likeness (QED) is 0.802. The monoisotopic (exact) mass is 323 g/mol. The molecule has 0 spiro atoms. The third kappa shape index (κ3) is 4.37. The van der Waals surface area contributed by atoms with Crippen LogP contribution in [0.3, 0.4) is 0 Å². The van der Waals surface area contributed by atoms with Crippen molar-refractivity contribution in [2.75, 3.05) is 0 Å². The van der Waals surface area contributed by atoms with Gasteiger partial charge in [0.2, 0.25) is 0 Å². The Morgan fingerprint density at radius 1 is 1.10 bits per heavy atom. The van der Waals surface area contributed by atoms with Crippen LogP contribution in [0, 0.1) is 6.92 Å². The van der Waals surface area contributed by atoms with Crippen molar-refractivity contribution in [1.82, 2.24) is 0 Å². The van der Waals surface area contributed by atoms with Crippen LogP contribution in [-0.4, -0.2) is 6.04 Å². The van der Waals surface area contributed by atoms with Gasteiger partial charge in [-0.15, -0.1) is 0 Å². The van der Waals surface area contributed by atoms with E-state index in [9.17, 15) is 0 Å². The second-order valence-electron chi connectivity index (χ2n) is 5.15. The molecular weight excluding hydrogens is 305 g/mol. The molecule has 0 radical (unpaired) electrons. The van der Waals surface area contributed by atoms with Gasteiger partial charge in [-0.2, -0.15) is 0 Å². The van der Waals surface area contributed by atoms with Gasteiger partial charge in [0.05, 0.1) is 5.02 Å². The van der Waals surface area contributed by atoms with E-state index in [1.807, 2.05) is 37.3 Å². The Kier molecular flexibility index (Phi) is 5.51. The van der Waals surface area contributed by atoms with Crippen molar-refractivity contribution < 1.29 is 4.74 Å². The zero-order valence-corrected chi connectivity index (χ0v) is 13.7. The number of halogens is 2. The molecule has 0 amide bonds. The predicted octanol–water partition coefficient (Wildman–Crippen LogP) is 5.37. The van der Waals surface area contributed by atoms with Crippen LogP contribution in [-0.2, 0) is 6.42 Å². The van der Waals surface area contributed by atoms with Gasteiger partial charge in [-0.05, 0) is 55.2 Å². The lowest BCUT2D eigenvalue weighted by Gasteiger charge is -2.13. The second-order valence-corrected chi connectivity index (χ2v) is 5.99. The minimum Gasteiger partial charge on any atom is -0.455 e. The molecule has 2 aromatic carbocycles. The molecule has 0 aromatic heterocycles. The molecule has 0 aliphatic carbocycles. The van der Waals surface area contributed by atoms with Crippen molar-refractivity contribution in [3.63, 3.8) is 0 Å². The molecule has 0 bridgehead atoms. The average Bonchev–Trinajstić information content (AvgIpc) is 2.45. The summed E-state index contributed by atoms with van der Waals surface area (Å²) in [6, 6.07) is 11.5. The molecule has 0 aliphatic heterocycles. The lowest BCUT2D eigenvalue weighted by atomic mass is 10.0. The molecule has 0 heterocycles. The number of aryl methyl sites for hydroxylation is 1. The maximum Gasteiger partial charge on any atom is 0.146 e. The van der Waals surface area contributed by atoms with Gasteiger partial charge < -0.3 is 10.5 Å². The number of ether oxygens (including phenoxy) is 1. The molecule has 2 rings (SSSR count). The Hall–Kier alpha value is -1.22. The van der Waals surface area contributed by atoms with Gasteiger partial charge >= 0.3 is 0 Å². The van der Waals surface area contributed by atoms with Gasteiger partial charge in [-0.25, -0.2) is 0 Å². The predicted molar refractivity (Wildman–Crippen MR) is 89.7 cm³/mol. The van der Waals surface area contributed by atoms with Gasteiger partial charge in [0, 0.05) is 11.1 Å². The third-order valence-electron chi connectivity index (χ3n) is 3.39. The van der Waals surface area contributed by atoms with Crippen molar-refractivity contribution in [2.24, 2.45) is 5.73 Å². The fourth-order valence-electron chi connectivity index (χ4n) is 2.00. The Morgan fingerprint density at radius 2 is 1.86 bits per heavy atom. The highest BCUT2D eigenvalue weighted by atomic mass is 35.5. The molecular formula is C17H19Cl2NO. The normalized spacial score (nSPS) is 12.2. The highest BCUT2D eigenvalue weighted by molar-refractivity contribution is 6.32. The van der Waals surface area contributed by atoms with Crippen molar-refractivity contribution in [1.29, 1.82) is 0 Å². The highest BCUT2D eigenvalue weighted by Gasteiger charge is 2.09. The van der Waals surface area contributed by atoms with E-state index in [0.29, 0.717) is 21.5 Å². The first-order valence-electron chi connectivity index (χ1n) is 6.97. The van der Waals surface area contributed by atoms with Gasteiger partial charge in [0.1, 0.15) is 11.5 Å².